The van der Waals surface area contributed by atoms with E-state index in [0.717, 1.165) is 10.5 Å². The van der Waals surface area contributed by atoms with Crippen LogP contribution in [0.25, 0.3) is 0 Å². The molecule has 20 heavy (non-hydrogen) atoms. The molecule has 0 aromatic heterocycles. The summed E-state index contributed by atoms with van der Waals surface area (Å²) in [4.78, 5) is 5.76. The van der Waals surface area contributed by atoms with Gasteiger partial charge in [-0.15, -0.1) is 0 Å². The van der Waals surface area contributed by atoms with Crippen LogP contribution >= 0.6 is 0 Å². The van der Waals surface area contributed by atoms with Gasteiger partial charge in [-0.05, 0) is 0 Å². The first-order chi connectivity index (χ1) is 9.33. The van der Waals surface area contributed by atoms with E-state index in [1.165, 1.54) is 29.3 Å². The summed E-state index contributed by atoms with van der Waals surface area (Å²) >= 11 is 0.317. The number of benzene rings is 1. The van der Waals surface area contributed by atoms with Crippen molar-refractivity contribution in [2.24, 2.45) is 4.99 Å². The molecule has 0 N–H and O–H groups in total. The Morgan fingerprint density at radius 1 is 1.20 bits per heavy atom. The molecule has 0 heterocycles. The second-order valence-corrected chi connectivity index (χ2v) is 8.23. The van der Waals surface area contributed by atoms with Gasteiger partial charge in [0.25, 0.3) is 0 Å². The van der Waals surface area contributed by atoms with Crippen LogP contribution in [0.4, 0.5) is 5.69 Å². The number of para-hydroxylation sites is 1. The SMILES string of the molecule is CCCC[Se]C(=Nc1c(C)cccc1C)OC(C)(C)C. The van der Waals surface area contributed by atoms with E-state index in [1.54, 1.807) is 0 Å². The summed E-state index contributed by atoms with van der Waals surface area (Å²) in [6.07, 6.45) is 2.48. The molecule has 0 atom stereocenters. The Morgan fingerprint density at radius 3 is 2.30 bits per heavy atom. The van der Waals surface area contributed by atoms with Crippen LogP contribution in [-0.4, -0.2) is 25.4 Å². The van der Waals surface area contributed by atoms with Crippen molar-refractivity contribution in [1.29, 1.82) is 0 Å². The number of unbranched alkanes of at least 4 members (excludes halogenated alkanes) is 1. The maximum absolute atomic E-state index is 6.08. The number of hydrogen-bond donors (Lipinski definition) is 0. The molecule has 112 valence electrons. The summed E-state index contributed by atoms with van der Waals surface area (Å²) in [5.41, 5.74) is 3.33. The van der Waals surface area contributed by atoms with Gasteiger partial charge >= 0.3 is 130 Å². The van der Waals surface area contributed by atoms with Crippen LogP contribution in [0.3, 0.4) is 0 Å². The monoisotopic (exact) mass is 341 g/mol. The predicted molar refractivity (Wildman–Crippen MR) is 89.3 cm³/mol. The molecule has 1 rings (SSSR count). The van der Waals surface area contributed by atoms with Crippen LogP contribution < -0.4 is 0 Å². The van der Waals surface area contributed by atoms with Gasteiger partial charge < -0.3 is 0 Å². The molecule has 0 spiro atoms. The molecule has 1 aromatic carbocycles. The van der Waals surface area contributed by atoms with Crippen LogP contribution in [0.1, 0.15) is 51.7 Å². The van der Waals surface area contributed by atoms with Gasteiger partial charge in [-0.25, -0.2) is 0 Å². The van der Waals surface area contributed by atoms with Crippen molar-refractivity contribution in [3.63, 3.8) is 0 Å². The van der Waals surface area contributed by atoms with E-state index in [2.05, 4.69) is 59.7 Å². The second kappa shape index (κ2) is 7.85. The van der Waals surface area contributed by atoms with Crippen molar-refractivity contribution in [3.05, 3.63) is 29.3 Å². The number of aryl methyl sites for hydroxylation is 2. The molecule has 0 aliphatic heterocycles. The Morgan fingerprint density at radius 2 is 1.80 bits per heavy atom. The Kier molecular flexibility index (Phi) is 6.78. The van der Waals surface area contributed by atoms with Gasteiger partial charge in [-0.1, -0.05) is 0 Å². The average molecular weight is 340 g/mol. The van der Waals surface area contributed by atoms with Crippen molar-refractivity contribution in [3.8, 4) is 0 Å². The van der Waals surface area contributed by atoms with E-state index >= 15 is 0 Å². The molecular formula is C17H27NOSe. The summed E-state index contributed by atoms with van der Waals surface area (Å²) in [5, 5.41) is 1.20. The van der Waals surface area contributed by atoms with Gasteiger partial charge in [0.1, 0.15) is 0 Å². The molecule has 0 amide bonds. The molecule has 1 aromatic rings. The van der Waals surface area contributed by atoms with Crippen molar-refractivity contribution in [2.45, 2.75) is 65.3 Å². The van der Waals surface area contributed by atoms with E-state index in [4.69, 9.17) is 9.73 Å². The van der Waals surface area contributed by atoms with Crippen molar-refractivity contribution >= 4 is 25.4 Å². The first-order valence-corrected chi connectivity index (χ1v) is 9.37. The first-order valence-electron chi connectivity index (χ1n) is 7.30. The zero-order chi connectivity index (χ0) is 15.2. The third-order valence-electron chi connectivity index (χ3n) is 2.76. The summed E-state index contributed by atoms with van der Waals surface area (Å²) in [7, 11) is 0. The topological polar surface area (TPSA) is 21.6 Å². The molecule has 2 nitrogen and oxygen atoms in total. The maximum atomic E-state index is 6.08. The predicted octanol–water partition coefficient (Wildman–Crippen LogP) is 5.03. The van der Waals surface area contributed by atoms with E-state index in [1.807, 2.05) is 0 Å². The number of hydrogen-bond acceptors (Lipinski definition) is 2. The summed E-state index contributed by atoms with van der Waals surface area (Å²) in [5.74, 6) is 0. The molecule has 0 fully saturated rings. The first kappa shape index (κ1) is 17.3. The zero-order valence-corrected chi connectivity index (χ0v) is 15.3. The molecule has 3 heteroatoms. The fourth-order valence-corrected chi connectivity index (χ4v) is 3.97. The Bertz CT molecular complexity index is 440. The average Bonchev–Trinajstić information content (AvgIpc) is 2.32. The van der Waals surface area contributed by atoms with Gasteiger partial charge in [0, 0.05) is 0 Å². The quantitative estimate of drug-likeness (QED) is 0.319. The van der Waals surface area contributed by atoms with Gasteiger partial charge in [-0.2, -0.15) is 0 Å². The summed E-state index contributed by atoms with van der Waals surface area (Å²) < 4.78 is 6.08. The minimum absolute atomic E-state index is 0.177. The van der Waals surface area contributed by atoms with Crippen molar-refractivity contribution < 1.29 is 4.74 Å². The molecule has 0 aliphatic carbocycles. The standard InChI is InChI=1S/C17H27NOSe/c1-7-8-12-20-16(19-17(4,5)6)18-15-13(2)10-9-11-14(15)3/h9-11H,7-8,12H2,1-6H3. The Labute approximate surface area is 130 Å². The Hall–Kier alpha value is -0.791. The van der Waals surface area contributed by atoms with Crippen LogP contribution in [0, 0.1) is 13.8 Å². The number of ether oxygens (including phenoxy) is 1. The molecular weight excluding hydrogens is 313 g/mol. The van der Waals surface area contributed by atoms with Crippen molar-refractivity contribution in [1.82, 2.24) is 0 Å². The van der Waals surface area contributed by atoms with E-state index in [0.29, 0.717) is 15.0 Å². The molecule has 0 unspecified atom stereocenters. The van der Waals surface area contributed by atoms with Gasteiger partial charge in [-0.3, -0.25) is 0 Å². The fraction of sp³-hybridized carbons (Fsp3) is 0.588. The van der Waals surface area contributed by atoms with E-state index < -0.39 is 0 Å². The van der Waals surface area contributed by atoms with E-state index in [-0.39, 0.29) is 5.60 Å². The fourth-order valence-electron chi connectivity index (χ4n) is 1.72. The number of nitrogens with zero attached hydrogens (tertiary/aromatic N) is 1. The van der Waals surface area contributed by atoms with Crippen LogP contribution in [0.5, 0.6) is 0 Å². The van der Waals surface area contributed by atoms with Gasteiger partial charge in [0.2, 0.25) is 0 Å². The molecule has 0 saturated carbocycles. The van der Waals surface area contributed by atoms with Crippen LogP contribution in [0.2, 0.25) is 5.32 Å². The summed E-state index contributed by atoms with van der Waals surface area (Å²) in [6, 6.07) is 6.30. The summed E-state index contributed by atoms with van der Waals surface area (Å²) in [6.45, 7) is 12.7. The Balaban J connectivity index is 2.98. The number of rotatable bonds is 5. The second-order valence-electron chi connectivity index (χ2n) is 6.03. The minimum atomic E-state index is -0.177. The molecule has 0 bridgehead atoms. The van der Waals surface area contributed by atoms with Crippen LogP contribution in [0.15, 0.2) is 23.2 Å². The third-order valence-corrected chi connectivity index (χ3v) is 4.68. The molecule has 0 saturated heterocycles. The van der Waals surface area contributed by atoms with Crippen LogP contribution in [-0.2, 0) is 4.74 Å². The van der Waals surface area contributed by atoms with Crippen molar-refractivity contribution in [2.75, 3.05) is 0 Å². The normalized spacial score (nSPS) is 12.6. The van der Waals surface area contributed by atoms with Gasteiger partial charge in [0.05, 0.1) is 0 Å². The van der Waals surface area contributed by atoms with E-state index in [9.17, 15) is 0 Å². The van der Waals surface area contributed by atoms with Gasteiger partial charge in [0.15, 0.2) is 0 Å². The molecule has 0 radical (unpaired) electrons. The number of aliphatic imine (C=N–C) groups is 1. The molecule has 0 aliphatic rings. The third kappa shape index (κ3) is 6.11. The zero-order valence-electron chi connectivity index (χ0n) is 13.6.